The second kappa shape index (κ2) is 15.0. The van der Waals surface area contributed by atoms with Crippen LogP contribution in [0.3, 0.4) is 0 Å². The Balaban J connectivity index is 1.32. The Morgan fingerprint density at radius 1 is 0.757 bits per heavy atom. The van der Waals surface area contributed by atoms with Crippen molar-refractivity contribution in [3.05, 3.63) is 90.5 Å². The van der Waals surface area contributed by atoms with Crippen LogP contribution in [0, 0.1) is 0 Å². The van der Waals surface area contributed by atoms with Crippen molar-refractivity contribution >= 4 is 46.5 Å². The summed E-state index contributed by atoms with van der Waals surface area (Å²) in [5, 5.41) is 8.25. The number of para-hydroxylation sites is 1. The number of amides is 2. The van der Waals surface area contributed by atoms with Crippen LogP contribution in [0.25, 0.3) is 0 Å². The third kappa shape index (κ3) is 10.9. The highest BCUT2D eigenvalue weighted by atomic mass is 32.1. The molecule has 0 aromatic heterocycles. The van der Waals surface area contributed by atoms with Gasteiger partial charge < -0.3 is 25.4 Å². The average Bonchev–Trinajstić information content (AvgIpc) is 2.90. The first-order valence-corrected chi connectivity index (χ1v) is 12.3. The largest absolute Gasteiger partial charge is 0.484 e. The van der Waals surface area contributed by atoms with Gasteiger partial charge in [-0.25, -0.2) is 0 Å². The van der Waals surface area contributed by atoms with E-state index in [-0.39, 0.29) is 30.5 Å². The number of benzene rings is 3. The molecule has 3 rings (SSSR count). The van der Waals surface area contributed by atoms with Gasteiger partial charge in [0.2, 0.25) is 5.91 Å². The van der Waals surface area contributed by atoms with Crippen molar-refractivity contribution in [1.82, 2.24) is 5.32 Å². The zero-order valence-electron chi connectivity index (χ0n) is 20.3. The highest BCUT2D eigenvalue weighted by molar-refractivity contribution is 7.80. The molecular formula is C28H29N3O5S. The number of hydrogen-bond donors (Lipinski definition) is 3. The first-order valence-electron chi connectivity index (χ1n) is 11.9. The molecule has 0 spiro atoms. The lowest BCUT2D eigenvalue weighted by Crippen LogP contribution is -2.34. The number of thiocarbonyl (C=S) groups is 1. The lowest BCUT2D eigenvalue weighted by molar-refractivity contribution is -0.145. The van der Waals surface area contributed by atoms with E-state index in [1.54, 1.807) is 36.4 Å². The number of esters is 1. The van der Waals surface area contributed by atoms with Crippen molar-refractivity contribution in [1.29, 1.82) is 0 Å². The number of carbonyl (C=O) groups is 3. The summed E-state index contributed by atoms with van der Waals surface area (Å²) in [5.74, 6) is -0.544. The molecule has 0 heterocycles. The summed E-state index contributed by atoms with van der Waals surface area (Å²) in [6, 6.07) is 25.9. The second-order valence-corrected chi connectivity index (χ2v) is 8.45. The summed E-state index contributed by atoms with van der Waals surface area (Å²) < 4.78 is 10.6. The standard InChI is InChI=1S/C28H29N3O5S/c32-25(16-17-27(34)35-18-8-11-21-9-3-1-4-10-21)31-28(37)30-23-13-7-12-22(19-23)29-26(33)20-36-24-14-5-2-6-15-24/h1-7,9-10,12-15,19H,8,11,16-18,20H2,(H,29,33)(H2,30,31,32,37). The van der Waals surface area contributed by atoms with Crippen LogP contribution in [0.15, 0.2) is 84.9 Å². The molecule has 0 saturated carbocycles. The molecule has 0 bridgehead atoms. The molecule has 3 aromatic rings. The van der Waals surface area contributed by atoms with E-state index in [1.807, 2.05) is 48.5 Å². The summed E-state index contributed by atoms with van der Waals surface area (Å²) >= 11 is 5.18. The first-order chi connectivity index (χ1) is 18.0. The summed E-state index contributed by atoms with van der Waals surface area (Å²) in [4.78, 5) is 36.2. The molecule has 0 aliphatic heterocycles. The van der Waals surface area contributed by atoms with Gasteiger partial charge in [0.15, 0.2) is 11.7 Å². The van der Waals surface area contributed by atoms with Crippen LogP contribution >= 0.6 is 12.2 Å². The Labute approximate surface area is 221 Å². The van der Waals surface area contributed by atoms with Crippen LogP contribution in [0.1, 0.15) is 24.8 Å². The zero-order chi connectivity index (χ0) is 26.3. The van der Waals surface area contributed by atoms with E-state index in [9.17, 15) is 14.4 Å². The molecule has 0 aliphatic rings. The second-order valence-electron chi connectivity index (χ2n) is 8.04. The van der Waals surface area contributed by atoms with Gasteiger partial charge in [-0.15, -0.1) is 0 Å². The van der Waals surface area contributed by atoms with Crippen molar-refractivity contribution in [2.75, 3.05) is 23.8 Å². The first kappa shape index (κ1) is 27.3. The topological polar surface area (TPSA) is 106 Å². The number of carbonyl (C=O) groups excluding carboxylic acids is 3. The Bertz CT molecular complexity index is 1190. The van der Waals surface area contributed by atoms with Crippen molar-refractivity contribution in [3.8, 4) is 5.75 Å². The number of rotatable bonds is 12. The van der Waals surface area contributed by atoms with E-state index < -0.39 is 11.9 Å². The van der Waals surface area contributed by atoms with E-state index >= 15 is 0 Å². The number of ether oxygens (including phenoxy) is 2. The van der Waals surface area contributed by atoms with Gasteiger partial charge in [0, 0.05) is 17.8 Å². The van der Waals surface area contributed by atoms with Crippen LogP contribution in [0.2, 0.25) is 0 Å². The molecule has 0 radical (unpaired) electrons. The SMILES string of the molecule is O=C(CCC(=O)OCCCc1ccccc1)NC(=S)Nc1cccc(NC(=O)COc2ccccc2)c1. The fourth-order valence-electron chi connectivity index (χ4n) is 3.28. The predicted molar refractivity (Wildman–Crippen MR) is 146 cm³/mol. The molecule has 8 nitrogen and oxygen atoms in total. The normalized spacial score (nSPS) is 10.2. The van der Waals surface area contributed by atoms with Gasteiger partial charge in [-0.2, -0.15) is 0 Å². The molecule has 0 saturated heterocycles. The molecule has 37 heavy (non-hydrogen) atoms. The number of hydrogen-bond acceptors (Lipinski definition) is 6. The van der Waals surface area contributed by atoms with Gasteiger partial charge in [0.1, 0.15) is 5.75 Å². The van der Waals surface area contributed by atoms with Crippen molar-refractivity contribution in [2.45, 2.75) is 25.7 Å². The molecule has 3 N–H and O–H groups in total. The number of nitrogens with one attached hydrogen (secondary N) is 3. The highest BCUT2D eigenvalue weighted by Gasteiger charge is 2.10. The fourth-order valence-corrected chi connectivity index (χ4v) is 3.52. The van der Waals surface area contributed by atoms with Gasteiger partial charge in [0.05, 0.1) is 13.0 Å². The third-order valence-electron chi connectivity index (χ3n) is 5.04. The zero-order valence-corrected chi connectivity index (χ0v) is 21.1. The fraction of sp³-hybridized carbons (Fsp3) is 0.214. The lowest BCUT2D eigenvalue weighted by Gasteiger charge is -2.12. The van der Waals surface area contributed by atoms with Crippen LogP contribution in [-0.2, 0) is 25.5 Å². The number of aryl methyl sites for hydroxylation is 1. The van der Waals surface area contributed by atoms with Crippen molar-refractivity contribution < 1.29 is 23.9 Å². The molecule has 0 fully saturated rings. The average molecular weight is 520 g/mol. The maximum Gasteiger partial charge on any atom is 0.306 e. The van der Waals surface area contributed by atoms with Crippen molar-refractivity contribution in [3.63, 3.8) is 0 Å². The molecular weight excluding hydrogens is 490 g/mol. The minimum absolute atomic E-state index is 0.0354. The smallest absolute Gasteiger partial charge is 0.306 e. The molecule has 0 aliphatic carbocycles. The van der Waals surface area contributed by atoms with E-state index in [2.05, 4.69) is 16.0 Å². The molecule has 2 amide bonds. The van der Waals surface area contributed by atoms with Crippen LogP contribution in [0.4, 0.5) is 11.4 Å². The molecule has 0 atom stereocenters. The predicted octanol–water partition coefficient (Wildman–Crippen LogP) is 4.47. The van der Waals surface area contributed by atoms with Gasteiger partial charge in [0.25, 0.3) is 5.91 Å². The third-order valence-corrected chi connectivity index (χ3v) is 5.25. The minimum Gasteiger partial charge on any atom is -0.484 e. The number of anilines is 2. The summed E-state index contributed by atoms with van der Waals surface area (Å²) in [7, 11) is 0. The Kier molecular flexibility index (Phi) is 11.1. The Hall–Kier alpha value is -4.24. The molecule has 9 heteroatoms. The van der Waals surface area contributed by atoms with E-state index in [1.165, 1.54) is 5.56 Å². The van der Waals surface area contributed by atoms with Gasteiger partial charge in [-0.05, 0) is 61.0 Å². The van der Waals surface area contributed by atoms with Crippen LogP contribution in [0.5, 0.6) is 5.75 Å². The Morgan fingerprint density at radius 2 is 1.43 bits per heavy atom. The monoisotopic (exact) mass is 519 g/mol. The van der Waals surface area contributed by atoms with Crippen LogP contribution in [-0.4, -0.2) is 36.1 Å². The maximum absolute atomic E-state index is 12.2. The van der Waals surface area contributed by atoms with Gasteiger partial charge in [-0.1, -0.05) is 54.6 Å². The molecule has 3 aromatic carbocycles. The summed E-state index contributed by atoms with van der Waals surface area (Å²) in [5.41, 5.74) is 2.30. The molecule has 192 valence electrons. The minimum atomic E-state index is -0.429. The quantitative estimate of drug-likeness (QED) is 0.184. The van der Waals surface area contributed by atoms with Gasteiger partial charge in [-0.3, -0.25) is 14.4 Å². The van der Waals surface area contributed by atoms with E-state index in [0.717, 1.165) is 12.8 Å². The highest BCUT2D eigenvalue weighted by Crippen LogP contribution is 2.15. The van der Waals surface area contributed by atoms with Crippen molar-refractivity contribution in [2.24, 2.45) is 0 Å². The maximum atomic E-state index is 12.2. The molecule has 0 unspecified atom stereocenters. The van der Waals surface area contributed by atoms with Gasteiger partial charge >= 0.3 is 5.97 Å². The van der Waals surface area contributed by atoms with E-state index in [4.69, 9.17) is 21.7 Å². The Morgan fingerprint density at radius 3 is 2.16 bits per heavy atom. The lowest BCUT2D eigenvalue weighted by atomic mass is 10.1. The van der Waals surface area contributed by atoms with Crippen LogP contribution < -0.4 is 20.7 Å². The summed E-state index contributed by atoms with van der Waals surface area (Å²) in [6.07, 6.45) is 1.46. The van der Waals surface area contributed by atoms with E-state index in [0.29, 0.717) is 23.7 Å². The summed E-state index contributed by atoms with van der Waals surface area (Å²) in [6.45, 7) is 0.173.